The lowest BCUT2D eigenvalue weighted by Crippen LogP contribution is -2.31. The number of carbonyl (C=O) groups is 1. The summed E-state index contributed by atoms with van der Waals surface area (Å²) >= 11 is 5.94. The summed E-state index contributed by atoms with van der Waals surface area (Å²) in [5.41, 5.74) is 0.579. The van der Waals surface area contributed by atoms with Crippen molar-refractivity contribution in [1.82, 2.24) is 14.9 Å². The van der Waals surface area contributed by atoms with Gasteiger partial charge in [0.05, 0.1) is 13.7 Å². The van der Waals surface area contributed by atoms with Crippen LogP contribution in [0.3, 0.4) is 0 Å². The molecule has 0 bridgehead atoms. The molecule has 1 amide bonds. The van der Waals surface area contributed by atoms with E-state index in [9.17, 15) is 4.79 Å². The number of likely N-dealkylation sites (tertiary alicyclic amines) is 1. The lowest BCUT2D eigenvalue weighted by Gasteiger charge is -2.17. The number of rotatable bonds is 4. The van der Waals surface area contributed by atoms with Crippen molar-refractivity contribution < 1.29 is 14.3 Å². The molecular weight excluding hydrogens is 318 g/mol. The van der Waals surface area contributed by atoms with Gasteiger partial charge < -0.3 is 14.4 Å². The molecule has 1 aromatic carbocycles. The maximum atomic E-state index is 12.5. The largest absolute Gasteiger partial charge is 0.477 e. The van der Waals surface area contributed by atoms with Crippen LogP contribution >= 0.6 is 11.6 Å². The summed E-state index contributed by atoms with van der Waals surface area (Å²) in [6.45, 7) is 1.11. The Bertz CT molecular complexity index is 710. The van der Waals surface area contributed by atoms with E-state index >= 15 is 0 Å². The fourth-order valence-corrected chi connectivity index (χ4v) is 2.69. The first-order chi connectivity index (χ1) is 11.2. The first-order valence-electron chi connectivity index (χ1n) is 7.24. The zero-order valence-corrected chi connectivity index (χ0v) is 13.4. The van der Waals surface area contributed by atoms with E-state index in [0.717, 1.165) is 6.42 Å². The Hall–Kier alpha value is -2.34. The van der Waals surface area contributed by atoms with Gasteiger partial charge in [-0.2, -0.15) is 0 Å². The second-order valence-electron chi connectivity index (χ2n) is 5.16. The normalized spacial score (nSPS) is 17.1. The molecule has 1 saturated heterocycles. The average molecular weight is 334 g/mol. The molecule has 120 valence electrons. The minimum atomic E-state index is -0.135. The molecule has 0 N–H and O–H groups in total. The van der Waals surface area contributed by atoms with Gasteiger partial charge in [0.1, 0.15) is 6.10 Å². The van der Waals surface area contributed by atoms with Gasteiger partial charge in [0.2, 0.25) is 0 Å². The molecule has 1 aliphatic rings. The topological polar surface area (TPSA) is 64.6 Å². The number of ether oxygens (including phenoxy) is 2. The van der Waals surface area contributed by atoms with E-state index < -0.39 is 0 Å². The van der Waals surface area contributed by atoms with E-state index in [-0.39, 0.29) is 12.0 Å². The average Bonchev–Trinajstić information content (AvgIpc) is 3.03. The van der Waals surface area contributed by atoms with Gasteiger partial charge in [-0.15, -0.1) is 0 Å². The number of hydrogen-bond donors (Lipinski definition) is 0. The maximum absolute atomic E-state index is 12.5. The molecule has 1 unspecified atom stereocenters. The van der Waals surface area contributed by atoms with E-state index in [1.807, 2.05) is 0 Å². The number of methoxy groups -OCH3 is 1. The number of nitrogens with zero attached hydrogens (tertiary/aromatic N) is 3. The Kier molecular flexibility index (Phi) is 4.62. The summed E-state index contributed by atoms with van der Waals surface area (Å²) < 4.78 is 10.9. The molecule has 1 atom stereocenters. The molecule has 3 rings (SSSR count). The minimum Gasteiger partial charge on any atom is -0.477 e. The fourth-order valence-electron chi connectivity index (χ4n) is 2.50. The number of amides is 1. The van der Waals surface area contributed by atoms with E-state index in [1.54, 1.807) is 35.4 Å². The SMILES string of the molecule is COc1nccnc1OC1CCN(C(=O)c2cccc(Cl)c2)C1. The Morgan fingerprint density at radius 1 is 1.30 bits per heavy atom. The van der Waals surface area contributed by atoms with Crippen LogP contribution in [0.5, 0.6) is 11.8 Å². The van der Waals surface area contributed by atoms with Crippen molar-refractivity contribution in [3.63, 3.8) is 0 Å². The molecular formula is C16H16ClN3O3. The molecule has 23 heavy (non-hydrogen) atoms. The molecule has 7 heteroatoms. The molecule has 1 fully saturated rings. The van der Waals surface area contributed by atoms with Gasteiger partial charge in [0.15, 0.2) is 0 Å². The van der Waals surface area contributed by atoms with Gasteiger partial charge in [0.25, 0.3) is 17.7 Å². The van der Waals surface area contributed by atoms with Crippen LogP contribution in [0.25, 0.3) is 0 Å². The highest BCUT2D eigenvalue weighted by Gasteiger charge is 2.29. The number of halogens is 1. The predicted molar refractivity (Wildman–Crippen MR) is 85.0 cm³/mol. The summed E-state index contributed by atoms with van der Waals surface area (Å²) in [7, 11) is 1.51. The van der Waals surface area contributed by atoms with Crippen molar-refractivity contribution in [3.8, 4) is 11.8 Å². The third-order valence-electron chi connectivity index (χ3n) is 3.61. The molecule has 0 aliphatic carbocycles. The zero-order valence-electron chi connectivity index (χ0n) is 12.6. The van der Waals surface area contributed by atoms with Crippen molar-refractivity contribution in [3.05, 3.63) is 47.2 Å². The molecule has 6 nitrogen and oxygen atoms in total. The van der Waals surface area contributed by atoms with Gasteiger partial charge >= 0.3 is 0 Å². The third kappa shape index (κ3) is 3.53. The van der Waals surface area contributed by atoms with Crippen molar-refractivity contribution >= 4 is 17.5 Å². The highest BCUT2D eigenvalue weighted by atomic mass is 35.5. The van der Waals surface area contributed by atoms with E-state index in [2.05, 4.69) is 9.97 Å². The summed E-state index contributed by atoms with van der Waals surface area (Å²) in [6.07, 6.45) is 3.67. The van der Waals surface area contributed by atoms with Gasteiger partial charge in [-0.05, 0) is 18.2 Å². The van der Waals surface area contributed by atoms with Gasteiger partial charge in [0, 0.05) is 35.9 Å². The summed E-state index contributed by atoms with van der Waals surface area (Å²) in [5.74, 6) is 0.633. The first kappa shape index (κ1) is 15.6. The number of aromatic nitrogens is 2. The highest BCUT2D eigenvalue weighted by Crippen LogP contribution is 2.24. The molecule has 1 aromatic heterocycles. The number of carbonyl (C=O) groups excluding carboxylic acids is 1. The van der Waals surface area contributed by atoms with E-state index in [4.69, 9.17) is 21.1 Å². The first-order valence-corrected chi connectivity index (χ1v) is 7.61. The molecule has 0 spiro atoms. The summed E-state index contributed by atoms with van der Waals surface area (Å²) in [5, 5.41) is 0.548. The number of hydrogen-bond acceptors (Lipinski definition) is 5. The van der Waals surface area contributed by atoms with Crippen molar-refractivity contribution in [2.24, 2.45) is 0 Å². The monoisotopic (exact) mass is 333 g/mol. The summed E-state index contributed by atoms with van der Waals surface area (Å²) in [4.78, 5) is 22.4. The van der Waals surface area contributed by atoms with Gasteiger partial charge in [-0.3, -0.25) is 4.79 Å². The Labute approximate surface area is 139 Å². The van der Waals surface area contributed by atoms with E-state index in [0.29, 0.717) is 35.4 Å². The molecule has 2 heterocycles. The molecule has 0 radical (unpaired) electrons. The second-order valence-corrected chi connectivity index (χ2v) is 5.60. The molecule has 0 saturated carbocycles. The quantitative estimate of drug-likeness (QED) is 0.859. The standard InChI is InChI=1S/C16H16ClN3O3/c1-22-14-15(19-7-6-18-14)23-13-5-8-20(10-13)16(21)11-3-2-4-12(17)9-11/h2-4,6-7,9,13H,5,8,10H2,1H3. The van der Waals surface area contributed by atoms with Crippen LogP contribution in [0.15, 0.2) is 36.7 Å². The van der Waals surface area contributed by atoms with Crippen LogP contribution in [0.4, 0.5) is 0 Å². The maximum Gasteiger partial charge on any atom is 0.278 e. The van der Waals surface area contributed by atoms with Crippen LogP contribution in [0.1, 0.15) is 16.8 Å². The Morgan fingerprint density at radius 3 is 2.83 bits per heavy atom. The predicted octanol–water partition coefficient (Wildman–Crippen LogP) is 2.43. The van der Waals surface area contributed by atoms with Crippen molar-refractivity contribution in [2.45, 2.75) is 12.5 Å². The lowest BCUT2D eigenvalue weighted by atomic mass is 10.2. The van der Waals surface area contributed by atoms with Crippen molar-refractivity contribution in [2.75, 3.05) is 20.2 Å². The van der Waals surface area contributed by atoms with Crippen LogP contribution in [0.2, 0.25) is 5.02 Å². The second kappa shape index (κ2) is 6.83. The van der Waals surface area contributed by atoms with Crippen LogP contribution in [0, 0.1) is 0 Å². The van der Waals surface area contributed by atoms with Crippen molar-refractivity contribution in [1.29, 1.82) is 0 Å². The summed E-state index contributed by atoms with van der Waals surface area (Å²) in [6, 6.07) is 6.94. The van der Waals surface area contributed by atoms with E-state index in [1.165, 1.54) is 13.3 Å². The molecule has 1 aliphatic heterocycles. The smallest absolute Gasteiger partial charge is 0.278 e. The zero-order chi connectivity index (χ0) is 16.2. The third-order valence-corrected chi connectivity index (χ3v) is 3.84. The highest BCUT2D eigenvalue weighted by molar-refractivity contribution is 6.30. The minimum absolute atomic E-state index is 0.0512. The Balaban J connectivity index is 1.65. The van der Waals surface area contributed by atoms with Crippen LogP contribution in [-0.2, 0) is 0 Å². The number of benzene rings is 1. The lowest BCUT2D eigenvalue weighted by molar-refractivity contribution is 0.0770. The molecule has 2 aromatic rings. The van der Waals surface area contributed by atoms with Crippen LogP contribution < -0.4 is 9.47 Å². The fraction of sp³-hybridized carbons (Fsp3) is 0.312. The van der Waals surface area contributed by atoms with Crippen LogP contribution in [-0.4, -0.2) is 47.1 Å². The van der Waals surface area contributed by atoms with Gasteiger partial charge in [-0.1, -0.05) is 17.7 Å². The Morgan fingerprint density at radius 2 is 2.09 bits per heavy atom. The van der Waals surface area contributed by atoms with Gasteiger partial charge in [-0.25, -0.2) is 9.97 Å².